The lowest BCUT2D eigenvalue weighted by Crippen LogP contribution is -2.63. The first kappa shape index (κ1) is 22.9. The summed E-state index contributed by atoms with van der Waals surface area (Å²) in [6.45, 7) is 18.4. The molecule has 2 nitrogen and oxygen atoms in total. The molecule has 0 aliphatic heterocycles. The summed E-state index contributed by atoms with van der Waals surface area (Å²) in [7, 11) is -0.276. The van der Waals surface area contributed by atoms with Gasteiger partial charge in [-0.25, -0.2) is 0 Å². The van der Waals surface area contributed by atoms with Crippen LogP contribution in [0.15, 0.2) is 41.3 Å². The molecule has 28 heavy (non-hydrogen) atoms. The number of aromatic hydroxyl groups is 1. The number of rotatable bonds is 5. The van der Waals surface area contributed by atoms with Crippen LogP contribution in [0, 0.1) is 13.8 Å². The minimum atomic E-state index is -2.00. The van der Waals surface area contributed by atoms with Crippen LogP contribution in [0.2, 0.25) is 10.1 Å². The second-order valence-corrected chi connectivity index (χ2v) is 17.1. The van der Waals surface area contributed by atoms with E-state index in [1.165, 1.54) is 10.1 Å². The van der Waals surface area contributed by atoms with E-state index < -0.39 is 8.07 Å². The van der Waals surface area contributed by atoms with Crippen molar-refractivity contribution in [2.24, 2.45) is 0 Å². The molecule has 0 atom stereocenters. The van der Waals surface area contributed by atoms with Gasteiger partial charge in [0, 0.05) is 4.90 Å². The third-order valence-electron chi connectivity index (χ3n) is 6.06. The Labute approximate surface area is 176 Å². The molecule has 0 spiro atoms. The summed E-state index contributed by atoms with van der Waals surface area (Å²) in [5.74, 6) is 1.32. The Morgan fingerprint density at radius 3 is 1.75 bits per heavy atom. The number of benzene rings is 2. The van der Waals surface area contributed by atoms with Gasteiger partial charge < -0.3 is 9.84 Å². The van der Waals surface area contributed by atoms with Crippen LogP contribution in [0.4, 0.5) is 0 Å². The van der Waals surface area contributed by atoms with Crippen LogP contribution in [-0.4, -0.2) is 25.7 Å². The highest BCUT2D eigenvalue weighted by Crippen LogP contribution is 2.52. The molecule has 1 N–H and O–H groups in total. The standard InChI is InChI=1S/C24H36O2SSi/c1-17-14-20(15-18(2)22(17)25)27-16-28(23(3,4)5,24(6,7)8)21-12-10-19(26-9)11-13-21/h10-15,25H,16H2,1-9H3. The Hall–Kier alpha value is -1.39. The van der Waals surface area contributed by atoms with Crippen molar-refractivity contribution >= 4 is 25.0 Å². The molecule has 4 heteroatoms. The molecule has 0 aliphatic carbocycles. The van der Waals surface area contributed by atoms with Gasteiger partial charge in [0.25, 0.3) is 0 Å². The molecule has 0 bridgehead atoms. The number of methoxy groups -OCH3 is 1. The fraction of sp³-hybridized carbons (Fsp3) is 0.500. The van der Waals surface area contributed by atoms with Gasteiger partial charge in [0.15, 0.2) is 0 Å². The second-order valence-electron chi connectivity index (χ2n) is 9.83. The summed E-state index contributed by atoms with van der Waals surface area (Å²) >= 11 is 1.94. The third-order valence-corrected chi connectivity index (χ3v) is 15.4. The average Bonchev–Trinajstić information content (AvgIpc) is 2.58. The summed E-state index contributed by atoms with van der Waals surface area (Å²) in [6.07, 6.45) is 0. The lowest BCUT2D eigenvalue weighted by atomic mass is 10.1. The zero-order chi connectivity index (χ0) is 21.3. The van der Waals surface area contributed by atoms with Crippen molar-refractivity contribution in [2.75, 3.05) is 12.5 Å². The normalized spacial score (nSPS) is 12.9. The molecule has 2 aromatic rings. The van der Waals surface area contributed by atoms with Crippen LogP contribution in [0.5, 0.6) is 11.5 Å². The topological polar surface area (TPSA) is 29.5 Å². The Morgan fingerprint density at radius 1 is 0.893 bits per heavy atom. The highest BCUT2D eigenvalue weighted by molar-refractivity contribution is 8.01. The lowest BCUT2D eigenvalue weighted by molar-refractivity contribution is 0.415. The number of thioether (sulfide) groups is 1. The smallest absolute Gasteiger partial charge is 0.121 e. The van der Waals surface area contributed by atoms with E-state index in [-0.39, 0.29) is 10.1 Å². The quantitative estimate of drug-likeness (QED) is 0.439. The highest BCUT2D eigenvalue weighted by Gasteiger charge is 2.53. The van der Waals surface area contributed by atoms with Crippen LogP contribution >= 0.6 is 11.8 Å². The van der Waals surface area contributed by atoms with Crippen molar-refractivity contribution in [3.05, 3.63) is 47.5 Å². The number of phenolic OH excluding ortho intramolecular Hbond substituents is 1. The first-order chi connectivity index (χ1) is 12.8. The number of aryl methyl sites for hydroxylation is 2. The minimum absolute atomic E-state index is 0.188. The van der Waals surface area contributed by atoms with Gasteiger partial charge in [-0.2, -0.15) is 0 Å². The van der Waals surface area contributed by atoms with Crippen molar-refractivity contribution in [1.29, 1.82) is 0 Å². The SMILES string of the molecule is COc1ccc([Si](CSc2cc(C)c(O)c(C)c2)(C(C)(C)C)C(C)(C)C)cc1. The largest absolute Gasteiger partial charge is 0.507 e. The molecule has 0 unspecified atom stereocenters. The van der Waals surface area contributed by atoms with E-state index in [1.807, 2.05) is 25.6 Å². The third kappa shape index (κ3) is 4.28. The number of hydrogen-bond acceptors (Lipinski definition) is 3. The summed E-state index contributed by atoms with van der Waals surface area (Å²) < 4.78 is 5.41. The predicted molar refractivity (Wildman–Crippen MR) is 126 cm³/mol. The van der Waals surface area contributed by atoms with E-state index >= 15 is 0 Å². The van der Waals surface area contributed by atoms with E-state index in [1.54, 1.807) is 7.11 Å². The zero-order valence-corrected chi connectivity index (χ0v) is 20.8. The van der Waals surface area contributed by atoms with Crippen LogP contribution in [0.3, 0.4) is 0 Å². The summed E-state index contributed by atoms with van der Waals surface area (Å²) in [6, 6.07) is 13.0. The van der Waals surface area contributed by atoms with Crippen molar-refractivity contribution in [3.8, 4) is 11.5 Å². The maximum absolute atomic E-state index is 10.1. The molecule has 0 saturated carbocycles. The molecule has 154 valence electrons. The van der Waals surface area contributed by atoms with Gasteiger partial charge in [0.2, 0.25) is 0 Å². The predicted octanol–water partition coefficient (Wildman–Crippen LogP) is 6.61. The van der Waals surface area contributed by atoms with Gasteiger partial charge in [-0.1, -0.05) is 58.9 Å². The molecule has 0 fully saturated rings. The number of hydrogen-bond donors (Lipinski definition) is 1. The molecule has 0 amide bonds. The van der Waals surface area contributed by atoms with Gasteiger partial charge >= 0.3 is 0 Å². The van der Waals surface area contributed by atoms with Gasteiger partial charge in [-0.15, -0.1) is 11.8 Å². The zero-order valence-electron chi connectivity index (χ0n) is 18.9. The molecule has 2 rings (SSSR count). The molecule has 2 aromatic carbocycles. The lowest BCUT2D eigenvalue weighted by Gasteiger charge is -2.52. The van der Waals surface area contributed by atoms with Gasteiger partial charge in [-0.3, -0.25) is 0 Å². The average molecular weight is 417 g/mol. The highest BCUT2D eigenvalue weighted by atomic mass is 32.2. The van der Waals surface area contributed by atoms with Gasteiger partial charge in [0.1, 0.15) is 19.6 Å². The Balaban J connectivity index is 2.54. The van der Waals surface area contributed by atoms with Crippen LogP contribution in [0.25, 0.3) is 0 Å². The summed E-state index contributed by atoms with van der Waals surface area (Å²) in [5, 5.41) is 13.1. The Morgan fingerprint density at radius 2 is 1.36 bits per heavy atom. The van der Waals surface area contributed by atoms with E-state index in [0.717, 1.165) is 22.3 Å². The molecular formula is C24H36O2SSi. The van der Waals surface area contributed by atoms with Crippen LogP contribution in [-0.2, 0) is 0 Å². The molecular weight excluding hydrogens is 380 g/mol. The Bertz CT molecular complexity index is 777. The molecule has 0 saturated heterocycles. The molecule has 0 radical (unpaired) electrons. The first-order valence-electron chi connectivity index (χ1n) is 9.91. The van der Waals surface area contributed by atoms with Crippen molar-refractivity contribution in [3.63, 3.8) is 0 Å². The first-order valence-corrected chi connectivity index (χ1v) is 13.1. The van der Waals surface area contributed by atoms with Crippen molar-refractivity contribution in [2.45, 2.75) is 70.4 Å². The van der Waals surface area contributed by atoms with Crippen molar-refractivity contribution < 1.29 is 9.84 Å². The van der Waals surface area contributed by atoms with E-state index in [0.29, 0.717) is 5.75 Å². The Kier molecular flexibility index (Phi) is 6.67. The number of ether oxygens (including phenoxy) is 1. The fourth-order valence-corrected chi connectivity index (χ4v) is 15.5. The molecule has 0 aromatic heterocycles. The summed E-state index contributed by atoms with van der Waals surface area (Å²) in [5.41, 5.74) is 1.90. The van der Waals surface area contributed by atoms with Gasteiger partial charge in [-0.05, 0) is 64.7 Å². The van der Waals surface area contributed by atoms with E-state index in [9.17, 15) is 5.11 Å². The molecule has 0 aliphatic rings. The fourth-order valence-electron chi connectivity index (χ4n) is 4.57. The van der Waals surface area contributed by atoms with Crippen LogP contribution in [0.1, 0.15) is 52.7 Å². The van der Waals surface area contributed by atoms with Crippen LogP contribution < -0.4 is 9.92 Å². The summed E-state index contributed by atoms with van der Waals surface area (Å²) in [4.78, 5) is 1.24. The monoisotopic (exact) mass is 416 g/mol. The van der Waals surface area contributed by atoms with Gasteiger partial charge in [0.05, 0.1) is 7.11 Å². The minimum Gasteiger partial charge on any atom is -0.507 e. The van der Waals surface area contributed by atoms with Crippen molar-refractivity contribution in [1.82, 2.24) is 0 Å². The van der Waals surface area contributed by atoms with E-state index in [4.69, 9.17) is 4.74 Å². The number of phenols is 1. The maximum Gasteiger partial charge on any atom is 0.121 e. The van der Waals surface area contributed by atoms with E-state index in [2.05, 4.69) is 77.9 Å². The molecule has 0 heterocycles. The second kappa shape index (κ2) is 8.15. The maximum atomic E-state index is 10.1.